The number of hydrogen-bond acceptors (Lipinski definition) is 1. The molecule has 0 unspecified atom stereocenters. The van der Waals surface area contributed by atoms with Crippen LogP contribution in [0.3, 0.4) is 0 Å². The lowest BCUT2D eigenvalue weighted by molar-refractivity contribution is 0.103. The summed E-state index contributed by atoms with van der Waals surface area (Å²) in [6.45, 7) is 4.27. The molecule has 2 aromatic rings. The molecule has 2 aromatic carbocycles. The molecule has 0 N–H and O–H groups in total. The molecule has 132 valence electrons. The highest BCUT2D eigenvalue weighted by atomic mass is 35.5. The van der Waals surface area contributed by atoms with Crippen LogP contribution in [0.15, 0.2) is 65.7 Å². The smallest absolute Gasteiger partial charge is 0.205 e. The highest BCUT2D eigenvalue weighted by molar-refractivity contribution is 6.47. The van der Waals surface area contributed by atoms with Gasteiger partial charge in [-0.25, -0.2) is 0 Å². The summed E-state index contributed by atoms with van der Waals surface area (Å²) in [5.41, 5.74) is 4.82. The Morgan fingerprint density at radius 3 is 2.04 bits per heavy atom. The highest BCUT2D eigenvalue weighted by Gasteiger charge is 2.33. The van der Waals surface area contributed by atoms with Crippen molar-refractivity contribution in [2.24, 2.45) is 5.92 Å². The van der Waals surface area contributed by atoms with E-state index in [1.54, 1.807) is 0 Å². The number of halogens is 2. The van der Waals surface area contributed by atoms with E-state index in [1.165, 1.54) is 5.56 Å². The van der Waals surface area contributed by atoms with Crippen LogP contribution in [0.2, 0.25) is 5.02 Å². The first-order valence-electron chi connectivity index (χ1n) is 9.04. The third-order valence-electron chi connectivity index (χ3n) is 5.73. The molecule has 0 amide bonds. The normalized spacial score (nSPS) is 23.2. The first-order chi connectivity index (χ1) is 12.6. The van der Waals surface area contributed by atoms with E-state index in [-0.39, 0.29) is 5.78 Å². The van der Waals surface area contributed by atoms with Gasteiger partial charge in [0.1, 0.15) is 0 Å². The predicted molar refractivity (Wildman–Crippen MR) is 109 cm³/mol. The average Bonchev–Trinajstić information content (AvgIpc) is 2.68. The van der Waals surface area contributed by atoms with E-state index in [2.05, 4.69) is 18.7 Å². The van der Waals surface area contributed by atoms with Crippen molar-refractivity contribution in [3.8, 4) is 0 Å². The van der Waals surface area contributed by atoms with Crippen molar-refractivity contribution in [2.75, 3.05) is 0 Å². The van der Waals surface area contributed by atoms with Crippen LogP contribution in [-0.4, -0.2) is 5.78 Å². The largest absolute Gasteiger partial charge is 0.288 e. The molecule has 1 saturated carbocycles. The Kier molecular flexibility index (Phi) is 4.77. The number of allylic oxidation sites excluding steroid dienone is 3. The summed E-state index contributed by atoms with van der Waals surface area (Å²) in [5.74, 6) is 0.781. The molecule has 0 heterocycles. The van der Waals surface area contributed by atoms with Gasteiger partial charge in [0, 0.05) is 10.6 Å². The molecule has 2 aliphatic rings. The molecule has 0 atom stereocenters. The van der Waals surface area contributed by atoms with Gasteiger partial charge in [-0.2, -0.15) is 0 Å². The van der Waals surface area contributed by atoms with E-state index in [0.717, 1.165) is 47.4 Å². The van der Waals surface area contributed by atoms with Crippen LogP contribution in [0.25, 0.3) is 5.57 Å². The minimum Gasteiger partial charge on any atom is -0.288 e. The minimum absolute atomic E-state index is 0.0653. The third kappa shape index (κ3) is 3.04. The molecule has 1 fully saturated rings. The summed E-state index contributed by atoms with van der Waals surface area (Å²) in [7, 11) is 0. The fourth-order valence-corrected chi connectivity index (χ4v) is 4.83. The zero-order chi connectivity index (χ0) is 18.3. The summed E-state index contributed by atoms with van der Waals surface area (Å²) < 4.78 is 0. The lowest BCUT2D eigenvalue weighted by atomic mass is 9.71. The van der Waals surface area contributed by atoms with E-state index in [9.17, 15) is 4.79 Å². The van der Waals surface area contributed by atoms with Gasteiger partial charge in [0.05, 0.1) is 5.03 Å². The van der Waals surface area contributed by atoms with Crippen molar-refractivity contribution in [2.45, 2.75) is 31.6 Å². The maximum absolute atomic E-state index is 12.7. The Bertz CT molecular complexity index is 900. The summed E-state index contributed by atoms with van der Waals surface area (Å²) >= 11 is 12.5. The lowest BCUT2D eigenvalue weighted by Crippen LogP contribution is -2.21. The van der Waals surface area contributed by atoms with Gasteiger partial charge in [0.2, 0.25) is 5.78 Å². The van der Waals surface area contributed by atoms with Gasteiger partial charge >= 0.3 is 0 Å². The first-order valence-corrected chi connectivity index (χ1v) is 9.80. The Hall–Kier alpha value is -1.83. The number of hydrogen-bond donors (Lipinski definition) is 0. The van der Waals surface area contributed by atoms with Gasteiger partial charge in [0.15, 0.2) is 0 Å². The van der Waals surface area contributed by atoms with Crippen LogP contribution in [-0.2, 0) is 0 Å². The number of benzene rings is 2. The van der Waals surface area contributed by atoms with Gasteiger partial charge in [-0.15, -0.1) is 0 Å². The topological polar surface area (TPSA) is 17.1 Å². The maximum atomic E-state index is 12.7. The first kappa shape index (κ1) is 17.6. The third-order valence-corrected chi connectivity index (χ3v) is 6.36. The quantitative estimate of drug-likeness (QED) is 0.545. The van der Waals surface area contributed by atoms with Crippen LogP contribution in [0.1, 0.15) is 53.1 Å². The average molecular weight is 383 g/mol. The number of rotatable bonds is 2. The predicted octanol–water partition coefficient (Wildman–Crippen LogP) is 7.02. The molecule has 0 aliphatic heterocycles. The molecule has 0 bridgehead atoms. The molecule has 0 aromatic heterocycles. The molecule has 3 heteroatoms. The Morgan fingerprint density at radius 2 is 1.38 bits per heavy atom. The molecular formula is C23H20Cl2O. The van der Waals surface area contributed by atoms with E-state index in [4.69, 9.17) is 23.2 Å². The van der Waals surface area contributed by atoms with Gasteiger partial charge in [-0.3, -0.25) is 4.79 Å². The standard InChI is InChI=1S/C23H20Cl2O/c1-14-19-4-2-3-5-20(19)23(26)22(25)21(14)17-8-6-15(7-9-17)16-10-12-18(24)13-11-16/h2-5,10-13,15,17H,1,6-9H2. The molecule has 2 aliphatic carbocycles. The summed E-state index contributed by atoms with van der Waals surface area (Å²) in [4.78, 5) is 12.7. The number of carbonyl (C=O) groups is 1. The zero-order valence-corrected chi connectivity index (χ0v) is 16.0. The van der Waals surface area contributed by atoms with Crippen LogP contribution in [0, 0.1) is 5.92 Å². The minimum atomic E-state index is -0.0653. The highest BCUT2D eigenvalue weighted by Crippen LogP contribution is 2.46. The maximum Gasteiger partial charge on any atom is 0.205 e. The Morgan fingerprint density at radius 1 is 0.808 bits per heavy atom. The molecular weight excluding hydrogens is 363 g/mol. The molecule has 0 radical (unpaired) electrons. The summed E-state index contributed by atoms with van der Waals surface area (Å²) in [6, 6.07) is 15.8. The van der Waals surface area contributed by atoms with Crippen LogP contribution < -0.4 is 0 Å². The van der Waals surface area contributed by atoms with E-state index >= 15 is 0 Å². The van der Waals surface area contributed by atoms with E-state index in [1.807, 2.05) is 36.4 Å². The number of carbonyl (C=O) groups excluding carboxylic acids is 1. The number of fused-ring (bicyclic) bond motifs is 1. The van der Waals surface area contributed by atoms with Gasteiger partial charge in [-0.1, -0.05) is 66.2 Å². The summed E-state index contributed by atoms with van der Waals surface area (Å²) in [6.07, 6.45) is 4.22. The summed E-state index contributed by atoms with van der Waals surface area (Å²) in [5, 5.41) is 1.14. The monoisotopic (exact) mass is 382 g/mol. The van der Waals surface area contributed by atoms with E-state index in [0.29, 0.717) is 22.4 Å². The molecule has 1 nitrogen and oxygen atoms in total. The van der Waals surface area contributed by atoms with Crippen LogP contribution in [0.4, 0.5) is 0 Å². The molecule has 4 rings (SSSR count). The molecule has 26 heavy (non-hydrogen) atoms. The molecule has 0 saturated heterocycles. The second-order valence-electron chi connectivity index (χ2n) is 7.18. The van der Waals surface area contributed by atoms with Gasteiger partial charge in [0.25, 0.3) is 0 Å². The van der Waals surface area contributed by atoms with Crippen molar-refractivity contribution >= 4 is 34.6 Å². The zero-order valence-electron chi connectivity index (χ0n) is 14.5. The van der Waals surface area contributed by atoms with Gasteiger partial charge < -0.3 is 0 Å². The second-order valence-corrected chi connectivity index (χ2v) is 8.00. The van der Waals surface area contributed by atoms with Crippen molar-refractivity contribution < 1.29 is 4.79 Å². The van der Waals surface area contributed by atoms with Crippen molar-refractivity contribution in [3.05, 3.63) is 87.4 Å². The van der Waals surface area contributed by atoms with Crippen molar-refractivity contribution in [1.29, 1.82) is 0 Å². The molecule has 0 spiro atoms. The SMILES string of the molecule is C=C1C(C2CCC(c3ccc(Cl)cc3)CC2)=C(Cl)C(=O)c2ccccc21. The Balaban J connectivity index is 1.56. The Labute approximate surface area is 164 Å². The van der Waals surface area contributed by atoms with Gasteiger partial charge in [-0.05, 0) is 71.9 Å². The fraction of sp³-hybridized carbons (Fsp3) is 0.261. The van der Waals surface area contributed by atoms with Crippen LogP contribution >= 0.6 is 23.2 Å². The van der Waals surface area contributed by atoms with Crippen molar-refractivity contribution in [3.63, 3.8) is 0 Å². The lowest BCUT2D eigenvalue weighted by Gasteiger charge is -2.33. The second kappa shape index (κ2) is 7.06. The fourth-order valence-electron chi connectivity index (χ4n) is 4.34. The van der Waals surface area contributed by atoms with E-state index < -0.39 is 0 Å². The van der Waals surface area contributed by atoms with Crippen molar-refractivity contribution in [1.82, 2.24) is 0 Å². The van der Waals surface area contributed by atoms with Crippen LogP contribution in [0.5, 0.6) is 0 Å². The number of Topliss-reactive ketones (excluding diaryl/α,β-unsaturated/α-hetero) is 1. The number of ketones is 1.